The van der Waals surface area contributed by atoms with Crippen LogP contribution in [0.25, 0.3) is 21.7 Å². The van der Waals surface area contributed by atoms with Crippen LogP contribution in [-0.4, -0.2) is 18.2 Å². The first kappa shape index (κ1) is 15.9. The van der Waals surface area contributed by atoms with Crippen LogP contribution in [0.15, 0.2) is 42.5 Å². The van der Waals surface area contributed by atoms with E-state index in [1.807, 2.05) is 18.2 Å². The van der Waals surface area contributed by atoms with Crippen LogP contribution in [0.2, 0.25) is 19.6 Å². The predicted molar refractivity (Wildman–Crippen MR) is 84.6 cm³/mol. The van der Waals surface area contributed by atoms with E-state index >= 15 is 0 Å². The van der Waals surface area contributed by atoms with Gasteiger partial charge in [0.15, 0.2) is 0 Å². The zero-order valence-electron chi connectivity index (χ0n) is 12.3. The van der Waals surface area contributed by atoms with Crippen molar-refractivity contribution in [1.29, 1.82) is 0 Å². The summed E-state index contributed by atoms with van der Waals surface area (Å²) < 4.78 is 8.19. The van der Waals surface area contributed by atoms with Gasteiger partial charge < -0.3 is 5.11 Å². The van der Waals surface area contributed by atoms with E-state index in [9.17, 15) is 5.11 Å². The van der Waals surface area contributed by atoms with E-state index in [1.165, 1.54) is 5.32 Å². The number of benzene rings is 2. The van der Waals surface area contributed by atoms with Gasteiger partial charge in [-0.2, -0.15) is 0 Å². The number of phenolic OH excluding ortho intramolecular Hbond substituents is 1. The summed E-state index contributed by atoms with van der Waals surface area (Å²) in [6, 6.07) is 13.9. The normalized spacial score (nSPS) is 11.1. The number of phenols is 1. The van der Waals surface area contributed by atoms with Gasteiger partial charge in [-0.15, -0.1) is 0 Å². The van der Waals surface area contributed by atoms with Crippen LogP contribution in [0, 0.1) is 0 Å². The summed E-state index contributed by atoms with van der Waals surface area (Å²) in [4.78, 5) is 4.84. The number of hydrogen-bond donors (Lipinski definition) is 1. The zero-order valence-corrected chi connectivity index (χ0v) is 14.7. The van der Waals surface area contributed by atoms with Crippen LogP contribution >= 0.6 is 0 Å². The summed E-state index contributed by atoms with van der Waals surface area (Å²) >= 11 is 1.06. The van der Waals surface area contributed by atoms with Crippen molar-refractivity contribution < 1.29 is 26.1 Å². The summed E-state index contributed by atoms with van der Waals surface area (Å²) in [6.45, 7) is 6.85. The molecule has 0 unspecified atom stereocenters. The minimum atomic E-state index is -1.45. The molecule has 0 fully saturated rings. The second kappa shape index (κ2) is 6.10. The van der Waals surface area contributed by atoms with Crippen molar-refractivity contribution in [2.24, 2.45) is 0 Å². The molecule has 0 saturated heterocycles. The Hall–Kier alpha value is -1.49. The maximum atomic E-state index is 10.1. The molecular weight excluding hydrogens is 317 g/mol. The summed E-state index contributed by atoms with van der Waals surface area (Å²) in [6.07, 6.45) is 0. The molecule has 1 aromatic heterocycles. The molecule has 0 aliphatic heterocycles. The fraction of sp³-hybridized carbons (Fsp3) is 0.188. The van der Waals surface area contributed by atoms with Crippen LogP contribution in [0.4, 0.5) is 0 Å². The first-order valence-electron chi connectivity index (χ1n) is 6.67. The van der Waals surface area contributed by atoms with Gasteiger partial charge in [0, 0.05) is 16.1 Å². The molecule has 1 N–H and O–H groups in total. The minimum absolute atomic E-state index is 0.309. The first-order chi connectivity index (χ1) is 9.97. The Kier molecular flexibility index (Phi) is 4.61. The van der Waals surface area contributed by atoms with E-state index in [0.717, 1.165) is 39.0 Å². The number of aromatic nitrogens is 1. The number of pyridine rings is 1. The van der Waals surface area contributed by atoms with Gasteiger partial charge >= 0.3 is 21.0 Å². The maximum absolute atomic E-state index is 10.1. The standard InChI is InChI=1S/C16H17NOSi.O.V/c1-19(2,3)14-10-9-12-8-7-11-5-4-6-13(18)15(11)16(12)17-14;;/h4-10,18H,1-3H3;;. The molecule has 0 radical (unpaired) electrons. The summed E-state index contributed by atoms with van der Waals surface area (Å²) in [7, 11) is -1.45. The Balaban J connectivity index is 0.000000774. The van der Waals surface area contributed by atoms with Crippen LogP contribution in [0.1, 0.15) is 0 Å². The number of rotatable bonds is 1. The van der Waals surface area contributed by atoms with Gasteiger partial charge in [-0.05, 0) is 17.5 Å². The molecule has 0 aliphatic rings. The van der Waals surface area contributed by atoms with E-state index in [0.29, 0.717) is 5.75 Å². The molecule has 2 aromatic carbocycles. The molecule has 21 heavy (non-hydrogen) atoms. The van der Waals surface area contributed by atoms with E-state index in [1.54, 1.807) is 6.07 Å². The van der Waals surface area contributed by atoms with E-state index in [4.69, 9.17) is 8.66 Å². The molecule has 3 nitrogen and oxygen atoms in total. The molecule has 0 saturated carbocycles. The van der Waals surface area contributed by atoms with Crippen LogP contribution < -0.4 is 5.32 Å². The average molecular weight is 334 g/mol. The molecule has 1 heterocycles. The van der Waals surface area contributed by atoms with Gasteiger partial charge in [0.25, 0.3) is 0 Å². The second-order valence-electron chi connectivity index (χ2n) is 5.96. The van der Waals surface area contributed by atoms with Crippen LogP contribution in [0.5, 0.6) is 5.75 Å². The summed E-state index contributed by atoms with van der Waals surface area (Å²) in [5.41, 5.74) is 0.913. The van der Waals surface area contributed by atoms with Gasteiger partial charge in [0.2, 0.25) is 0 Å². The quantitative estimate of drug-likeness (QED) is 0.547. The topological polar surface area (TPSA) is 50.2 Å². The third kappa shape index (κ3) is 3.08. The van der Waals surface area contributed by atoms with Crippen molar-refractivity contribution in [3.63, 3.8) is 0 Å². The predicted octanol–water partition coefficient (Wildman–Crippen LogP) is 3.52. The fourth-order valence-corrected chi connectivity index (χ4v) is 3.39. The summed E-state index contributed by atoms with van der Waals surface area (Å²) in [5.74, 6) is 0.309. The van der Waals surface area contributed by atoms with Crippen molar-refractivity contribution in [2.45, 2.75) is 19.6 Å². The monoisotopic (exact) mass is 334 g/mol. The molecule has 3 rings (SSSR count). The molecule has 0 bridgehead atoms. The van der Waals surface area contributed by atoms with Crippen molar-refractivity contribution >= 4 is 35.1 Å². The zero-order chi connectivity index (χ0) is 15.6. The number of hydrogen-bond acceptors (Lipinski definition) is 3. The van der Waals surface area contributed by atoms with Gasteiger partial charge in [0.1, 0.15) is 13.8 Å². The molecule has 0 aliphatic carbocycles. The second-order valence-corrected chi connectivity index (χ2v) is 11.0. The average Bonchev–Trinajstić information content (AvgIpc) is 2.47. The Morgan fingerprint density at radius 3 is 2.24 bits per heavy atom. The fourth-order valence-electron chi connectivity index (χ4n) is 2.36. The number of nitrogens with zero attached hydrogens (tertiary/aromatic N) is 1. The Morgan fingerprint density at radius 1 is 0.952 bits per heavy atom. The SMILES string of the molecule is C[Si](C)(C)c1ccc2ccc3cccc(O)c3c2n1.[O]=[V]. The van der Waals surface area contributed by atoms with Crippen molar-refractivity contribution in [1.82, 2.24) is 4.98 Å². The van der Waals surface area contributed by atoms with Crippen molar-refractivity contribution in [3.05, 3.63) is 42.5 Å². The molecule has 5 heteroatoms. The molecule has 0 amide bonds. The van der Waals surface area contributed by atoms with E-state index < -0.39 is 8.07 Å². The van der Waals surface area contributed by atoms with Crippen molar-refractivity contribution in [2.75, 3.05) is 0 Å². The molecular formula is C16H17NO2SiV. The van der Waals surface area contributed by atoms with Gasteiger partial charge in [-0.3, -0.25) is 4.98 Å². The third-order valence-corrected chi connectivity index (χ3v) is 5.26. The van der Waals surface area contributed by atoms with E-state index in [-0.39, 0.29) is 0 Å². The number of aromatic hydroxyl groups is 1. The molecule has 3 aromatic rings. The van der Waals surface area contributed by atoms with Crippen LogP contribution in [-0.2, 0) is 21.0 Å². The third-order valence-electron chi connectivity index (χ3n) is 3.45. The summed E-state index contributed by atoms with van der Waals surface area (Å²) in [5, 5.41) is 14.3. The van der Waals surface area contributed by atoms with Crippen molar-refractivity contribution in [3.8, 4) is 5.75 Å². The Labute approximate surface area is 134 Å². The molecule has 0 spiro atoms. The van der Waals surface area contributed by atoms with Gasteiger partial charge in [-0.1, -0.05) is 50.0 Å². The van der Waals surface area contributed by atoms with Gasteiger partial charge in [-0.25, -0.2) is 0 Å². The Bertz CT molecular complexity index is 799. The molecule has 0 atom stereocenters. The van der Waals surface area contributed by atoms with E-state index in [2.05, 4.69) is 37.8 Å². The molecule has 107 valence electrons. The Morgan fingerprint density at radius 2 is 1.57 bits per heavy atom. The first-order valence-corrected chi connectivity index (χ1v) is 10.7. The number of fused-ring (bicyclic) bond motifs is 3. The van der Waals surface area contributed by atoms with Crippen LogP contribution in [0.3, 0.4) is 0 Å². The van der Waals surface area contributed by atoms with Gasteiger partial charge in [0.05, 0.1) is 5.52 Å².